The van der Waals surface area contributed by atoms with Crippen molar-refractivity contribution in [3.63, 3.8) is 0 Å². The van der Waals surface area contributed by atoms with Gasteiger partial charge in [0.2, 0.25) is 17.6 Å². The van der Waals surface area contributed by atoms with Gasteiger partial charge in [0.15, 0.2) is 0 Å². The minimum absolute atomic E-state index is 0.111. The number of hydrogen-bond acceptors (Lipinski definition) is 6. The number of ether oxygens (including phenoxy) is 1. The molecule has 38 heavy (non-hydrogen) atoms. The van der Waals surface area contributed by atoms with Crippen molar-refractivity contribution in [2.75, 3.05) is 6.54 Å². The van der Waals surface area contributed by atoms with Gasteiger partial charge in [-0.2, -0.15) is 0 Å². The maximum atomic E-state index is 14.0. The van der Waals surface area contributed by atoms with E-state index in [0.717, 1.165) is 44.9 Å². The summed E-state index contributed by atoms with van der Waals surface area (Å²) in [6, 6.07) is -3.00. The van der Waals surface area contributed by atoms with Gasteiger partial charge in [0, 0.05) is 18.4 Å². The van der Waals surface area contributed by atoms with Crippen molar-refractivity contribution in [1.29, 1.82) is 0 Å². The normalized spacial score (nSPS) is 28.0. The van der Waals surface area contributed by atoms with Gasteiger partial charge in [0.05, 0.1) is 6.04 Å². The topological polar surface area (TPSA) is 148 Å². The summed E-state index contributed by atoms with van der Waals surface area (Å²) in [5.74, 6) is -3.74. The number of hydrogen-bond donors (Lipinski definition) is 3. The van der Waals surface area contributed by atoms with Crippen LogP contribution in [-0.4, -0.2) is 69.1 Å². The Hall–Kier alpha value is -2.07. The van der Waals surface area contributed by atoms with Crippen molar-refractivity contribution in [3.8, 4) is 0 Å². The summed E-state index contributed by atoms with van der Waals surface area (Å²) in [5, 5.41) is 5.44. The molecule has 0 aromatic heterocycles. The maximum absolute atomic E-state index is 14.0. The number of carbonyl (C=O) groups is 5. The third-order valence-corrected chi connectivity index (χ3v) is 9.15. The SMILES string of the molecule is CC(C)(C)OC(=O)N[C@H](C(=O)N1CC2C([C@H]1C(=O)NC(CC1CC1)C(=O)C(N)=O)C2(Cl)Cl)C1CCCCC1. The molecule has 3 saturated carbocycles. The molecule has 0 radical (unpaired) electrons. The molecule has 5 atom stereocenters. The summed E-state index contributed by atoms with van der Waals surface area (Å²) in [5.41, 5.74) is 4.48. The van der Waals surface area contributed by atoms with Crippen molar-refractivity contribution in [2.24, 2.45) is 29.4 Å². The minimum atomic E-state index is -1.18. The number of likely N-dealkylation sites (tertiary alicyclic amines) is 1. The zero-order valence-electron chi connectivity index (χ0n) is 22.1. The second-order valence-electron chi connectivity index (χ2n) is 12.2. The molecule has 0 aromatic rings. The van der Waals surface area contributed by atoms with E-state index < -0.39 is 63.6 Å². The Kier molecular flexibility index (Phi) is 8.25. The van der Waals surface area contributed by atoms with Crippen molar-refractivity contribution < 1.29 is 28.7 Å². The summed E-state index contributed by atoms with van der Waals surface area (Å²) < 4.78 is 4.25. The minimum Gasteiger partial charge on any atom is -0.444 e. The number of alkyl carbamates (subject to hydrolysis) is 1. The van der Waals surface area contributed by atoms with Crippen LogP contribution in [0.1, 0.15) is 72.1 Å². The average molecular weight is 574 g/mol. The van der Waals surface area contributed by atoms with Gasteiger partial charge in [-0.05, 0) is 51.9 Å². The summed E-state index contributed by atoms with van der Waals surface area (Å²) in [4.78, 5) is 65.8. The van der Waals surface area contributed by atoms with Crippen molar-refractivity contribution in [3.05, 3.63) is 0 Å². The van der Waals surface area contributed by atoms with Crippen LogP contribution in [0, 0.1) is 23.7 Å². The largest absolute Gasteiger partial charge is 0.444 e. The summed E-state index contributed by atoms with van der Waals surface area (Å²) in [6.45, 7) is 5.36. The van der Waals surface area contributed by atoms with E-state index in [1.165, 1.54) is 4.90 Å². The number of Topliss-reactive ketones (excluding diaryl/α,β-unsaturated/α-hetero) is 1. The maximum Gasteiger partial charge on any atom is 0.408 e. The molecule has 4 fully saturated rings. The average Bonchev–Trinajstić information content (AvgIpc) is 3.68. The fraction of sp³-hybridized carbons (Fsp3) is 0.808. The number of rotatable bonds is 9. The van der Waals surface area contributed by atoms with Crippen molar-refractivity contribution >= 4 is 52.8 Å². The van der Waals surface area contributed by atoms with E-state index in [4.69, 9.17) is 33.7 Å². The van der Waals surface area contributed by atoms with Crippen LogP contribution in [0.3, 0.4) is 0 Å². The van der Waals surface area contributed by atoms with E-state index in [9.17, 15) is 24.0 Å². The number of carbonyl (C=O) groups excluding carboxylic acids is 5. The second-order valence-corrected chi connectivity index (χ2v) is 13.7. The Morgan fingerprint density at radius 1 is 1.03 bits per heavy atom. The fourth-order valence-electron chi connectivity index (χ4n) is 5.94. The van der Waals surface area contributed by atoms with E-state index in [1.807, 2.05) is 0 Å². The highest BCUT2D eigenvalue weighted by atomic mass is 35.5. The number of nitrogens with one attached hydrogen (secondary N) is 2. The van der Waals surface area contributed by atoms with Gasteiger partial charge in [-0.1, -0.05) is 32.1 Å². The number of piperidine rings is 1. The van der Waals surface area contributed by atoms with Gasteiger partial charge in [-0.25, -0.2) is 4.79 Å². The molecule has 4 amide bonds. The summed E-state index contributed by atoms with van der Waals surface area (Å²) in [6.07, 6.45) is 5.86. The van der Waals surface area contributed by atoms with Gasteiger partial charge in [-0.3, -0.25) is 19.2 Å². The number of nitrogens with two attached hydrogens (primary N) is 1. The Labute approximate surface area is 233 Å². The van der Waals surface area contributed by atoms with Crippen LogP contribution in [0.15, 0.2) is 0 Å². The number of alkyl halides is 2. The van der Waals surface area contributed by atoms with Crippen LogP contribution in [0.4, 0.5) is 4.79 Å². The van der Waals surface area contributed by atoms with Crippen LogP contribution >= 0.6 is 23.2 Å². The lowest BCUT2D eigenvalue weighted by Gasteiger charge is -2.36. The second kappa shape index (κ2) is 10.8. The molecule has 0 aromatic carbocycles. The molecular weight excluding hydrogens is 535 g/mol. The van der Waals surface area contributed by atoms with Gasteiger partial charge < -0.3 is 26.0 Å². The lowest BCUT2D eigenvalue weighted by molar-refractivity contribution is -0.144. The molecule has 4 aliphatic rings. The number of ketones is 1. The molecule has 12 heteroatoms. The first-order valence-corrected chi connectivity index (χ1v) is 14.3. The Bertz CT molecular complexity index is 989. The third kappa shape index (κ3) is 6.38. The number of primary amides is 1. The van der Waals surface area contributed by atoms with E-state index >= 15 is 0 Å². The highest BCUT2D eigenvalue weighted by Gasteiger charge is 2.74. The summed E-state index contributed by atoms with van der Waals surface area (Å²) >= 11 is 12.9. The zero-order valence-corrected chi connectivity index (χ0v) is 23.6. The molecule has 1 saturated heterocycles. The lowest BCUT2D eigenvalue weighted by Crippen LogP contribution is -2.60. The van der Waals surface area contributed by atoms with Gasteiger partial charge in [0.1, 0.15) is 22.0 Å². The molecular formula is C26H38Cl2N4O6. The number of nitrogens with zero attached hydrogens (tertiary/aromatic N) is 1. The third-order valence-electron chi connectivity index (χ3n) is 8.09. The Morgan fingerprint density at radius 3 is 2.21 bits per heavy atom. The molecule has 4 rings (SSSR count). The molecule has 1 aliphatic heterocycles. The standard InChI is InChI=1S/C26H38Cl2N4O6/c1-25(2,3)38-24(37)31-18(14-7-5-4-6-8-14)23(36)32-12-15-17(26(15,27)28)19(32)22(35)30-16(11-13-9-10-13)20(33)21(29)34/h13-19H,4-12H2,1-3H3,(H2,29,34)(H,30,35)(H,31,37)/t15?,16?,17?,18-,19-/m0/s1. The van der Waals surface area contributed by atoms with Crippen molar-refractivity contribution in [1.82, 2.24) is 15.5 Å². The van der Waals surface area contributed by atoms with Gasteiger partial charge in [0.25, 0.3) is 5.91 Å². The van der Waals surface area contributed by atoms with Crippen LogP contribution in [-0.2, 0) is 23.9 Å². The van der Waals surface area contributed by atoms with E-state index in [1.54, 1.807) is 20.8 Å². The Balaban J connectivity index is 1.55. The zero-order chi connectivity index (χ0) is 28.0. The Morgan fingerprint density at radius 2 is 1.66 bits per heavy atom. The van der Waals surface area contributed by atoms with E-state index in [0.29, 0.717) is 6.42 Å². The molecule has 0 bridgehead atoms. The predicted octanol–water partition coefficient (Wildman–Crippen LogP) is 2.43. The van der Waals surface area contributed by atoms with Crippen LogP contribution in [0.25, 0.3) is 0 Å². The van der Waals surface area contributed by atoms with Crippen LogP contribution < -0.4 is 16.4 Å². The first-order valence-electron chi connectivity index (χ1n) is 13.5. The van der Waals surface area contributed by atoms with E-state index in [2.05, 4.69) is 10.6 Å². The molecule has 10 nitrogen and oxygen atoms in total. The number of fused-ring (bicyclic) bond motifs is 1. The first kappa shape index (κ1) is 28.9. The molecule has 0 spiro atoms. The molecule has 4 N–H and O–H groups in total. The van der Waals surface area contributed by atoms with E-state index in [-0.39, 0.29) is 24.3 Å². The predicted molar refractivity (Wildman–Crippen MR) is 140 cm³/mol. The van der Waals surface area contributed by atoms with Crippen LogP contribution in [0.5, 0.6) is 0 Å². The van der Waals surface area contributed by atoms with Gasteiger partial charge in [-0.15, -0.1) is 23.2 Å². The first-order chi connectivity index (χ1) is 17.7. The number of amides is 4. The fourth-order valence-corrected chi connectivity index (χ4v) is 6.77. The monoisotopic (exact) mass is 572 g/mol. The summed E-state index contributed by atoms with van der Waals surface area (Å²) in [7, 11) is 0. The van der Waals surface area contributed by atoms with Gasteiger partial charge >= 0.3 is 6.09 Å². The van der Waals surface area contributed by atoms with Crippen molar-refractivity contribution in [2.45, 2.75) is 100 Å². The smallest absolute Gasteiger partial charge is 0.408 e. The molecule has 3 aliphatic carbocycles. The quantitative estimate of drug-likeness (QED) is 0.285. The highest BCUT2D eigenvalue weighted by molar-refractivity contribution is 6.51. The highest BCUT2D eigenvalue weighted by Crippen LogP contribution is 2.65. The lowest BCUT2D eigenvalue weighted by atomic mass is 9.83. The molecule has 1 heterocycles. The van der Waals surface area contributed by atoms with Crippen LogP contribution in [0.2, 0.25) is 0 Å². The molecule has 3 unspecified atom stereocenters. The molecule has 212 valence electrons. The number of halogens is 2.